The second kappa shape index (κ2) is 3.64. The molecule has 2 N–H and O–H groups in total. The van der Waals surface area contributed by atoms with Crippen molar-refractivity contribution in [3.63, 3.8) is 0 Å². The Bertz CT molecular complexity index is 621. The summed E-state index contributed by atoms with van der Waals surface area (Å²) in [5, 5.41) is 0.479. The van der Waals surface area contributed by atoms with Gasteiger partial charge in [-0.15, -0.1) is 0 Å². The number of hydrazine groups is 1. The Labute approximate surface area is 97.9 Å². The summed E-state index contributed by atoms with van der Waals surface area (Å²) in [6.07, 6.45) is 0. The maximum atomic E-state index is 11.6. The summed E-state index contributed by atoms with van der Waals surface area (Å²) in [6.45, 7) is 1.50. The first kappa shape index (κ1) is 11.7. The molecule has 0 radical (unpaired) electrons. The lowest BCUT2D eigenvalue weighted by Crippen LogP contribution is -2.36. The van der Waals surface area contributed by atoms with Crippen molar-refractivity contribution in [1.82, 2.24) is 5.01 Å². The van der Waals surface area contributed by atoms with E-state index in [0.717, 1.165) is 0 Å². The average molecular weight is 254 g/mol. The van der Waals surface area contributed by atoms with Gasteiger partial charge in [-0.1, -0.05) is 6.92 Å². The van der Waals surface area contributed by atoms with E-state index in [4.69, 9.17) is 5.84 Å². The number of amides is 2. The second-order valence-corrected chi connectivity index (χ2v) is 5.87. The third kappa shape index (κ3) is 1.63. The fourth-order valence-corrected chi connectivity index (χ4v) is 2.50. The van der Waals surface area contributed by atoms with Crippen molar-refractivity contribution in [2.24, 2.45) is 5.84 Å². The van der Waals surface area contributed by atoms with E-state index in [1.165, 1.54) is 25.1 Å². The zero-order valence-corrected chi connectivity index (χ0v) is 9.82. The molecule has 17 heavy (non-hydrogen) atoms. The number of sulfone groups is 1. The first-order valence-corrected chi connectivity index (χ1v) is 6.54. The highest BCUT2D eigenvalue weighted by Crippen LogP contribution is 2.24. The maximum absolute atomic E-state index is 11.6. The van der Waals surface area contributed by atoms with E-state index in [9.17, 15) is 18.0 Å². The number of hydrogen-bond donors (Lipinski definition) is 1. The van der Waals surface area contributed by atoms with E-state index in [0.29, 0.717) is 5.01 Å². The fraction of sp³-hybridized carbons (Fsp3) is 0.200. The molecule has 0 spiro atoms. The summed E-state index contributed by atoms with van der Waals surface area (Å²) in [7, 11) is -3.40. The summed E-state index contributed by atoms with van der Waals surface area (Å²) < 4.78 is 23.3. The number of nitrogens with zero attached hydrogens (tertiary/aromatic N) is 1. The van der Waals surface area contributed by atoms with Crippen LogP contribution in [-0.4, -0.2) is 31.0 Å². The lowest BCUT2D eigenvalue weighted by molar-refractivity contribution is 0.0653. The molecule has 2 rings (SSSR count). The van der Waals surface area contributed by atoms with Crippen LogP contribution in [-0.2, 0) is 9.84 Å². The lowest BCUT2D eigenvalue weighted by atomic mass is 10.1. The van der Waals surface area contributed by atoms with E-state index in [1.54, 1.807) is 0 Å². The average Bonchev–Trinajstić information content (AvgIpc) is 2.54. The molecule has 90 valence electrons. The molecule has 7 heteroatoms. The molecule has 0 fully saturated rings. The van der Waals surface area contributed by atoms with E-state index >= 15 is 0 Å². The van der Waals surface area contributed by atoms with Crippen LogP contribution in [0.25, 0.3) is 0 Å². The molecule has 2 amide bonds. The molecule has 0 aliphatic carbocycles. The number of imide groups is 1. The molecule has 1 heterocycles. The molecular formula is C10H10N2O4S. The highest BCUT2D eigenvalue weighted by atomic mass is 32.2. The van der Waals surface area contributed by atoms with Gasteiger partial charge in [-0.25, -0.2) is 19.3 Å². The molecule has 0 saturated carbocycles. The van der Waals surface area contributed by atoms with Gasteiger partial charge in [-0.2, -0.15) is 0 Å². The van der Waals surface area contributed by atoms with Crippen LogP contribution >= 0.6 is 0 Å². The van der Waals surface area contributed by atoms with Gasteiger partial charge >= 0.3 is 0 Å². The Morgan fingerprint density at radius 1 is 1.18 bits per heavy atom. The predicted octanol–water partition coefficient (Wildman–Crippen LogP) is -0.0501. The van der Waals surface area contributed by atoms with Crippen LogP contribution in [0, 0.1) is 0 Å². The summed E-state index contributed by atoms with van der Waals surface area (Å²) in [5.41, 5.74) is 0.166. The summed E-state index contributed by atoms with van der Waals surface area (Å²) >= 11 is 0. The van der Waals surface area contributed by atoms with Crippen LogP contribution < -0.4 is 5.84 Å². The van der Waals surface area contributed by atoms with E-state index in [1.807, 2.05) is 0 Å². The predicted molar refractivity (Wildman–Crippen MR) is 58.9 cm³/mol. The lowest BCUT2D eigenvalue weighted by Gasteiger charge is -2.02. The van der Waals surface area contributed by atoms with Gasteiger partial charge in [0.15, 0.2) is 9.84 Å². The van der Waals surface area contributed by atoms with Crippen molar-refractivity contribution >= 4 is 21.7 Å². The molecule has 6 nitrogen and oxygen atoms in total. The van der Waals surface area contributed by atoms with Gasteiger partial charge in [0, 0.05) is 0 Å². The van der Waals surface area contributed by atoms with Gasteiger partial charge in [0.25, 0.3) is 11.8 Å². The van der Waals surface area contributed by atoms with Crippen molar-refractivity contribution in [2.75, 3.05) is 5.75 Å². The van der Waals surface area contributed by atoms with Crippen molar-refractivity contribution in [1.29, 1.82) is 0 Å². The smallest absolute Gasteiger partial charge is 0.267 e. The number of fused-ring (bicyclic) bond motifs is 1. The Hall–Kier alpha value is -1.73. The molecule has 1 aromatic rings. The molecule has 1 aromatic carbocycles. The Balaban J connectivity index is 2.62. The molecule has 1 aliphatic heterocycles. The van der Waals surface area contributed by atoms with Crippen LogP contribution in [0.1, 0.15) is 27.6 Å². The minimum atomic E-state index is -3.40. The van der Waals surface area contributed by atoms with Crippen LogP contribution in [0.15, 0.2) is 23.1 Å². The van der Waals surface area contributed by atoms with Crippen molar-refractivity contribution in [2.45, 2.75) is 11.8 Å². The standard InChI is InChI=1S/C10H10N2O4S/c1-2-17(15,16)6-3-4-7-8(5-6)10(14)12(11)9(7)13/h3-5H,2,11H2,1H3. The largest absolute Gasteiger partial charge is 0.275 e. The number of hydrogen-bond acceptors (Lipinski definition) is 5. The quantitative estimate of drug-likeness (QED) is 0.453. The normalized spacial score (nSPS) is 15.3. The van der Waals surface area contributed by atoms with Crippen LogP contribution in [0.4, 0.5) is 0 Å². The Morgan fingerprint density at radius 3 is 2.35 bits per heavy atom. The summed E-state index contributed by atoms with van der Waals surface area (Å²) in [6, 6.07) is 3.81. The van der Waals surface area contributed by atoms with Crippen LogP contribution in [0.2, 0.25) is 0 Å². The number of rotatable bonds is 2. The van der Waals surface area contributed by atoms with Crippen molar-refractivity contribution in [3.05, 3.63) is 29.3 Å². The maximum Gasteiger partial charge on any atom is 0.275 e. The van der Waals surface area contributed by atoms with E-state index in [2.05, 4.69) is 0 Å². The third-order valence-corrected chi connectivity index (χ3v) is 4.36. The van der Waals surface area contributed by atoms with Gasteiger partial charge in [0.2, 0.25) is 0 Å². The zero-order valence-electron chi connectivity index (χ0n) is 9.00. The Kier molecular flexibility index (Phi) is 2.52. The zero-order chi connectivity index (χ0) is 12.8. The molecule has 0 unspecified atom stereocenters. The molecule has 0 aromatic heterocycles. The summed E-state index contributed by atoms with van der Waals surface area (Å²) in [5.74, 6) is 3.88. The number of carbonyl (C=O) groups is 2. The fourth-order valence-electron chi connectivity index (χ4n) is 1.60. The van der Waals surface area contributed by atoms with Gasteiger partial charge in [0.1, 0.15) is 0 Å². The van der Waals surface area contributed by atoms with Gasteiger partial charge in [-0.3, -0.25) is 9.59 Å². The Morgan fingerprint density at radius 2 is 1.76 bits per heavy atom. The van der Waals surface area contributed by atoms with Crippen LogP contribution in [0.5, 0.6) is 0 Å². The first-order chi connectivity index (χ1) is 7.88. The highest BCUT2D eigenvalue weighted by Gasteiger charge is 2.34. The molecule has 0 atom stereocenters. The van der Waals surface area contributed by atoms with Gasteiger partial charge in [-0.05, 0) is 18.2 Å². The number of benzene rings is 1. The van der Waals surface area contributed by atoms with Crippen molar-refractivity contribution < 1.29 is 18.0 Å². The summed E-state index contributed by atoms with van der Waals surface area (Å²) in [4.78, 5) is 23.1. The molecule has 1 aliphatic rings. The minimum Gasteiger partial charge on any atom is -0.267 e. The number of nitrogens with two attached hydrogens (primary N) is 1. The molecule has 0 bridgehead atoms. The monoisotopic (exact) mass is 254 g/mol. The van der Waals surface area contributed by atoms with E-state index < -0.39 is 21.7 Å². The first-order valence-electron chi connectivity index (χ1n) is 4.88. The SMILES string of the molecule is CCS(=O)(=O)c1ccc2c(c1)C(=O)N(N)C2=O. The van der Waals surface area contributed by atoms with Crippen LogP contribution in [0.3, 0.4) is 0 Å². The minimum absolute atomic E-state index is 0.0233. The van der Waals surface area contributed by atoms with Crippen molar-refractivity contribution in [3.8, 4) is 0 Å². The highest BCUT2D eigenvalue weighted by molar-refractivity contribution is 7.91. The van der Waals surface area contributed by atoms with Gasteiger partial charge in [0.05, 0.1) is 21.8 Å². The molecule has 0 saturated heterocycles. The van der Waals surface area contributed by atoms with Gasteiger partial charge < -0.3 is 0 Å². The second-order valence-electron chi connectivity index (χ2n) is 3.59. The van der Waals surface area contributed by atoms with E-state index in [-0.39, 0.29) is 21.8 Å². The molecular weight excluding hydrogens is 244 g/mol. The third-order valence-electron chi connectivity index (χ3n) is 2.63. The topological polar surface area (TPSA) is 97.5 Å². The number of carbonyl (C=O) groups excluding carboxylic acids is 2.